The molecule has 15 heavy (non-hydrogen) atoms. The molecule has 0 radical (unpaired) electrons. The zero-order valence-corrected chi connectivity index (χ0v) is 8.44. The SMILES string of the molecule is [N-]=[N+]=NCCC#Cc1cnc(Cl)nc1N. The summed E-state index contributed by atoms with van der Waals surface area (Å²) < 4.78 is 0. The normalized spacial score (nSPS) is 8.60. The van der Waals surface area contributed by atoms with Gasteiger partial charge in [0.05, 0.1) is 5.56 Å². The molecule has 76 valence electrons. The minimum absolute atomic E-state index is 0.0899. The number of hydrogen-bond acceptors (Lipinski definition) is 4. The molecular formula is C8H7ClN6. The molecule has 0 saturated carbocycles. The molecule has 0 unspecified atom stereocenters. The van der Waals surface area contributed by atoms with Crippen molar-refractivity contribution < 1.29 is 0 Å². The topological polar surface area (TPSA) is 101 Å². The van der Waals surface area contributed by atoms with Gasteiger partial charge < -0.3 is 5.73 Å². The van der Waals surface area contributed by atoms with Gasteiger partial charge in [0, 0.05) is 24.1 Å². The van der Waals surface area contributed by atoms with Crippen LogP contribution in [-0.2, 0) is 0 Å². The van der Waals surface area contributed by atoms with Crippen molar-refractivity contribution in [1.29, 1.82) is 0 Å². The molecule has 1 aromatic heterocycles. The number of hydrogen-bond donors (Lipinski definition) is 1. The molecule has 0 aliphatic carbocycles. The average molecular weight is 223 g/mol. The molecule has 6 nitrogen and oxygen atoms in total. The highest BCUT2D eigenvalue weighted by molar-refractivity contribution is 6.28. The van der Waals surface area contributed by atoms with Gasteiger partial charge in [-0.05, 0) is 17.1 Å². The fourth-order valence-corrected chi connectivity index (χ4v) is 0.917. The Hall–Kier alpha value is -1.96. The van der Waals surface area contributed by atoms with Crippen LogP contribution in [0.15, 0.2) is 11.3 Å². The number of aromatic nitrogens is 2. The molecule has 1 rings (SSSR count). The monoisotopic (exact) mass is 222 g/mol. The van der Waals surface area contributed by atoms with Crippen molar-refractivity contribution in [2.75, 3.05) is 12.3 Å². The Morgan fingerprint density at radius 1 is 1.67 bits per heavy atom. The van der Waals surface area contributed by atoms with Crippen molar-refractivity contribution in [3.63, 3.8) is 0 Å². The molecule has 0 aliphatic heterocycles. The van der Waals surface area contributed by atoms with Crippen LogP contribution >= 0.6 is 11.6 Å². The molecule has 0 atom stereocenters. The first kappa shape index (κ1) is 11.1. The lowest BCUT2D eigenvalue weighted by Gasteiger charge is -1.95. The van der Waals surface area contributed by atoms with E-state index in [1.807, 2.05) is 0 Å². The highest BCUT2D eigenvalue weighted by atomic mass is 35.5. The van der Waals surface area contributed by atoms with Gasteiger partial charge in [-0.3, -0.25) is 0 Å². The largest absolute Gasteiger partial charge is 0.383 e. The van der Waals surface area contributed by atoms with E-state index in [2.05, 4.69) is 31.8 Å². The molecule has 1 aromatic rings. The van der Waals surface area contributed by atoms with Crippen LogP contribution in [0, 0.1) is 11.8 Å². The number of halogens is 1. The van der Waals surface area contributed by atoms with E-state index < -0.39 is 0 Å². The van der Waals surface area contributed by atoms with E-state index in [0.29, 0.717) is 18.5 Å². The highest BCUT2D eigenvalue weighted by Crippen LogP contribution is 2.08. The fourth-order valence-electron chi connectivity index (χ4n) is 0.777. The lowest BCUT2D eigenvalue weighted by Crippen LogP contribution is -1.96. The Labute approximate surface area is 91.1 Å². The van der Waals surface area contributed by atoms with Crippen molar-refractivity contribution in [2.24, 2.45) is 5.11 Å². The molecule has 7 heteroatoms. The maximum absolute atomic E-state index is 8.01. The van der Waals surface area contributed by atoms with Gasteiger partial charge in [0.1, 0.15) is 5.82 Å². The summed E-state index contributed by atoms with van der Waals surface area (Å²) in [6.45, 7) is 0.331. The standard InChI is InChI=1S/C8H7ClN6/c9-8-12-5-6(7(10)14-8)3-1-2-4-13-15-11/h5H,2,4H2,(H2,10,12,14). The molecule has 2 N–H and O–H groups in total. The van der Waals surface area contributed by atoms with Crippen LogP contribution in [0.3, 0.4) is 0 Å². The molecule has 0 amide bonds. The van der Waals surface area contributed by atoms with E-state index in [4.69, 9.17) is 22.9 Å². The fraction of sp³-hybridized carbons (Fsp3) is 0.250. The summed E-state index contributed by atoms with van der Waals surface area (Å²) in [5.74, 6) is 5.78. The summed E-state index contributed by atoms with van der Waals surface area (Å²) in [6.07, 6.45) is 1.91. The predicted octanol–water partition coefficient (Wildman–Crippen LogP) is 1.76. The highest BCUT2D eigenvalue weighted by Gasteiger charge is 1.98. The summed E-state index contributed by atoms with van der Waals surface area (Å²) >= 11 is 5.51. The van der Waals surface area contributed by atoms with E-state index in [9.17, 15) is 0 Å². The minimum Gasteiger partial charge on any atom is -0.383 e. The number of rotatable bonds is 2. The maximum atomic E-state index is 8.01. The van der Waals surface area contributed by atoms with Crippen LogP contribution in [0.1, 0.15) is 12.0 Å². The van der Waals surface area contributed by atoms with E-state index in [0.717, 1.165) is 0 Å². The van der Waals surface area contributed by atoms with Gasteiger partial charge in [0.25, 0.3) is 0 Å². The third-order valence-corrected chi connectivity index (χ3v) is 1.59. The van der Waals surface area contributed by atoms with Crippen molar-refractivity contribution in [3.8, 4) is 11.8 Å². The summed E-state index contributed by atoms with van der Waals surface area (Å²) in [6, 6.07) is 0. The number of nitrogens with zero attached hydrogens (tertiary/aromatic N) is 5. The van der Waals surface area contributed by atoms with Gasteiger partial charge in [-0.25, -0.2) is 4.98 Å². The van der Waals surface area contributed by atoms with Gasteiger partial charge in [-0.15, -0.1) is 0 Å². The van der Waals surface area contributed by atoms with Crippen molar-refractivity contribution in [3.05, 3.63) is 27.5 Å². The first-order valence-corrected chi connectivity index (χ1v) is 4.39. The molecule has 1 heterocycles. The average Bonchev–Trinajstić information content (AvgIpc) is 2.20. The van der Waals surface area contributed by atoms with Gasteiger partial charge in [-0.1, -0.05) is 17.0 Å². The molecule has 0 spiro atoms. The van der Waals surface area contributed by atoms with E-state index in [1.165, 1.54) is 6.20 Å². The van der Waals surface area contributed by atoms with Crippen LogP contribution in [0.2, 0.25) is 5.28 Å². The van der Waals surface area contributed by atoms with Crippen LogP contribution in [0.5, 0.6) is 0 Å². The second-order valence-electron chi connectivity index (χ2n) is 2.44. The second-order valence-corrected chi connectivity index (χ2v) is 2.78. The summed E-state index contributed by atoms with van der Waals surface area (Å²) in [4.78, 5) is 10.1. The number of nitrogens with two attached hydrogens (primary N) is 1. The summed E-state index contributed by atoms with van der Waals surface area (Å²) in [5.41, 5.74) is 14.1. The zero-order chi connectivity index (χ0) is 11.1. The minimum atomic E-state index is 0.0899. The second kappa shape index (κ2) is 5.70. The van der Waals surface area contributed by atoms with Crippen molar-refractivity contribution in [1.82, 2.24) is 9.97 Å². The van der Waals surface area contributed by atoms with Crippen LogP contribution < -0.4 is 5.73 Å². The van der Waals surface area contributed by atoms with Gasteiger partial charge in [0.15, 0.2) is 0 Å². The molecule has 0 aromatic carbocycles. The molecule has 0 aliphatic rings. The quantitative estimate of drug-likeness (QED) is 0.206. The lowest BCUT2D eigenvalue weighted by molar-refractivity contribution is 1.01. The summed E-state index contributed by atoms with van der Waals surface area (Å²) in [7, 11) is 0. The van der Waals surface area contributed by atoms with Crippen LogP contribution in [0.4, 0.5) is 5.82 Å². The van der Waals surface area contributed by atoms with Crippen LogP contribution in [-0.4, -0.2) is 16.5 Å². The molecule has 0 saturated heterocycles. The van der Waals surface area contributed by atoms with Gasteiger partial charge >= 0.3 is 0 Å². The smallest absolute Gasteiger partial charge is 0.224 e. The Bertz CT molecular complexity index is 454. The Morgan fingerprint density at radius 2 is 2.47 bits per heavy atom. The molecule has 0 bridgehead atoms. The summed E-state index contributed by atoms with van der Waals surface area (Å²) in [5, 5.41) is 3.42. The predicted molar refractivity (Wildman–Crippen MR) is 57.0 cm³/mol. The Morgan fingerprint density at radius 3 is 3.13 bits per heavy atom. The van der Waals surface area contributed by atoms with Crippen molar-refractivity contribution in [2.45, 2.75) is 6.42 Å². The zero-order valence-electron chi connectivity index (χ0n) is 7.68. The molecule has 0 fully saturated rings. The maximum Gasteiger partial charge on any atom is 0.224 e. The Balaban J connectivity index is 2.67. The van der Waals surface area contributed by atoms with Crippen LogP contribution in [0.25, 0.3) is 10.4 Å². The van der Waals surface area contributed by atoms with Gasteiger partial charge in [-0.2, -0.15) is 4.98 Å². The molecular weight excluding hydrogens is 216 g/mol. The first-order valence-electron chi connectivity index (χ1n) is 4.02. The lowest BCUT2D eigenvalue weighted by atomic mass is 10.3. The van der Waals surface area contributed by atoms with Gasteiger partial charge in [0.2, 0.25) is 5.28 Å². The number of nitrogen functional groups attached to an aromatic ring is 1. The third kappa shape index (κ3) is 3.73. The first-order chi connectivity index (χ1) is 7.24. The third-order valence-electron chi connectivity index (χ3n) is 1.41. The van der Waals surface area contributed by atoms with E-state index >= 15 is 0 Å². The number of azide groups is 1. The number of anilines is 1. The van der Waals surface area contributed by atoms with Crippen molar-refractivity contribution >= 4 is 17.4 Å². The van der Waals surface area contributed by atoms with E-state index in [-0.39, 0.29) is 11.1 Å². The van der Waals surface area contributed by atoms with E-state index in [1.54, 1.807) is 0 Å². The Kier molecular flexibility index (Phi) is 4.23.